The van der Waals surface area contributed by atoms with E-state index < -0.39 is 35.7 Å². The van der Waals surface area contributed by atoms with Crippen LogP contribution in [0.2, 0.25) is 0 Å². The van der Waals surface area contributed by atoms with Gasteiger partial charge < -0.3 is 14.8 Å². The van der Waals surface area contributed by atoms with Crippen molar-refractivity contribution in [1.29, 1.82) is 0 Å². The molecule has 0 bridgehead atoms. The standard InChI is InChI=1S/C20H24F3N3O5/c1-30-13-9-10-14(15(11-13)31-2)16(27)24-19(20(21,22)23)17(28)26(18(29)25-19)12-7-5-3-4-6-8-12/h9-12H,3-8H2,1-2H3,(H,24,27)(H,25,29)/t19-/m0/s1. The second kappa shape index (κ2) is 8.64. The summed E-state index contributed by atoms with van der Waals surface area (Å²) in [5, 5.41) is 3.42. The summed E-state index contributed by atoms with van der Waals surface area (Å²) < 4.78 is 52.4. The molecule has 2 N–H and O–H groups in total. The van der Waals surface area contributed by atoms with Crippen LogP contribution in [-0.2, 0) is 4.79 Å². The molecule has 2 aliphatic rings. The number of alkyl halides is 3. The van der Waals surface area contributed by atoms with Crippen molar-refractivity contribution in [2.45, 2.75) is 56.4 Å². The second-order valence-electron chi connectivity index (χ2n) is 7.52. The Morgan fingerprint density at radius 3 is 2.32 bits per heavy atom. The normalized spacial score (nSPS) is 22.7. The number of nitrogens with one attached hydrogen (secondary N) is 2. The Labute approximate surface area is 177 Å². The molecule has 1 aliphatic carbocycles. The fourth-order valence-corrected chi connectivity index (χ4v) is 3.97. The van der Waals surface area contributed by atoms with Gasteiger partial charge in [-0.2, -0.15) is 13.2 Å². The number of methoxy groups -OCH3 is 2. The minimum Gasteiger partial charge on any atom is -0.497 e. The lowest BCUT2D eigenvalue weighted by Gasteiger charge is -2.31. The van der Waals surface area contributed by atoms with E-state index in [2.05, 4.69) is 0 Å². The van der Waals surface area contributed by atoms with Crippen LogP contribution in [0.5, 0.6) is 11.5 Å². The zero-order chi connectivity index (χ0) is 22.8. The molecule has 1 aromatic rings. The molecular weight excluding hydrogens is 419 g/mol. The van der Waals surface area contributed by atoms with Gasteiger partial charge in [0.15, 0.2) is 0 Å². The summed E-state index contributed by atoms with van der Waals surface area (Å²) >= 11 is 0. The van der Waals surface area contributed by atoms with Gasteiger partial charge in [-0.05, 0) is 25.0 Å². The fourth-order valence-electron chi connectivity index (χ4n) is 3.97. The lowest BCUT2D eigenvalue weighted by Crippen LogP contribution is -2.69. The molecule has 1 saturated heterocycles. The first-order chi connectivity index (χ1) is 14.6. The highest BCUT2D eigenvalue weighted by Crippen LogP contribution is 2.37. The number of rotatable bonds is 5. The Balaban J connectivity index is 1.94. The third-order valence-electron chi connectivity index (χ3n) is 5.62. The maximum absolute atomic E-state index is 14.1. The molecular formula is C20H24F3N3O5. The summed E-state index contributed by atoms with van der Waals surface area (Å²) in [6.07, 6.45) is -1.24. The lowest BCUT2D eigenvalue weighted by atomic mass is 10.0. The van der Waals surface area contributed by atoms with Crippen LogP contribution in [0.4, 0.5) is 18.0 Å². The van der Waals surface area contributed by atoms with Crippen molar-refractivity contribution < 1.29 is 37.0 Å². The third-order valence-corrected chi connectivity index (χ3v) is 5.62. The van der Waals surface area contributed by atoms with Gasteiger partial charge >= 0.3 is 12.2 Å². The SMILES string of the molecule is COc1ccc(C(=O)N[C@]2(C(F)(F)F)NC(=O)N(C3CCCCCC3)C2=O)c(OC)c1. The number of carbonyl (C=O) groups is 3. The minimum absolute atomic E-state index is 0.0495. The second-order valence-corrected chi connectivity index (χ2v) is 7.52. The lowest BCUT2D eigenvalue weighted by molar-refractivity contribution is -0.200. The van der Waals surface area contributed by atoms with E-state index in [0.29, 0.717) is 36.3 Å². The van der Waals surface area contributed by atoms with E-state index in [1.807, 2.05) is 0 Å². The van der Waals surface area contributed by atoms with Gasteiger partial charge in [0.2, 0.25) is 0 Å². The fraction of sp³-hybridized carbons (Fsp3) is 0.550. The van der Waals surface area contributed by atoms with Crippen LogP contribution in [-0.4, -0.2) is 54.8 Å². The zero-order valence-electron chi connectivity index (χ0n) is 17.2. The highest BCUT2D eigenvalue weighted by atomic mass is 19.4. The van der Waals surface area contributed by atoms with Crippen LogP contribution >= 0.6 is 0 Å². The number of amides is 4. The van der Waals surface area contributed by atoms with Crippen LogP contribution in [0.1, 0.15) is 48.9 Å². The topological polar surface area (TPSA) is 97.0 Å². The van der Waals surface area contributed by atoms with Gasteiger partial charge in [0.05, 0.1) is 19.8 Å². The molecule has 4 amide bonds. The van der Waals surface area contributed by atoms with Crippen molar-refractivity contribution in [3.8, 4) is 11.5 Å². The van der Waals surface area contributed by atoms with Gasteiger partial charge in [-0.25, -0.2) is 4.79 Å². The minimum atomic E-state index is -5.27. The molecule has 0 aromatic heterocycles. The summed E-state index contributed by atoms with van der Waals surface area (Å²) in [4.78, 5) is 38.8. The van der Waals surface area contributed by atoms with E-state index >= 15 is 0 Å². The number of imide groups is 1. The predicted molar refractivity (Wildman–Crippen MR) is 103 cm³/mol. The number of nitrogens with zero attached hydrogens (tertiary/aromatic N) is 1. The summed E-state index contributed by atoms with van der Waals surface area (Å²) in [5.74, 6) is -2.48. The summed E-state index contributed by atoms with van der Waals surface area (Å²) in [5.41, 5.74) is -3.81. The highest BCUT2D eigenvalue weighted by molar-refractivity contribution is 6.11. The first-order valence-corrected chi connectivity index (χ1v) is 9.91. The molecule has 11 heteroatoms. The Hall–Kier alpha value is -2.98. The van der Waals surface area contributed by atoms with Crippen molar-refractivity contribution in [2.75, 3.05) is 14.2 Å². The van der Waals surface area contributed by atoms with Gasteiger partial charge in [0.25, 0.3) is 17.5 Å². The smallest absolute Gasteiger partial charge is 0.440 e. The molecule has 2 fully saturated rings. The molecule has 0 radical (unpaired) electrons. The van der Waals surface area contributed by atoms with Gasteiger partial charge in [-0.1, -0.05) is 25.7 Å². The van der Waals surface area contributed by atoms with Crippen molar-refractivity contribution in [3.05, 3.63) is 23.8 Å². The molecule has 0 spiro atoms. The third kappa shape index (κ3) is 4.13. The van der Waals surface area contributed by atoms with Crippen LogP contribution in [0.3, 0.4) is 0 Å². The van der Waals surface area contributed by atoms with Gasteiger partial charge in [0.1, 0.15) is 11.5 Å². The van der Waals surface area contributed by atoms with Crippen LogP contribution in [0.15, 0.2) is 18.2 Å². The molecule has 3 rings (SSSR count). The number of urea groups is 1. The molecule has 1 heterocycles. The van der Waals surface area contributed by atoms with Crippen LogP contribution < -0.4 is 20.1 Å². The zero-order valence-corrected chi connectivity index (χ0v) is 17.2. The molecule has 8 nitrogen and oxygen atoms in total. The first kappa shape index (κ1) is 22.7. The summed E-state index contributed by atoms with van der Waals surface area (Å²) in [6.45, 7) is 0. The number of ether oxygens (including phenoxy) is 2. The van der Waals surface area contributed by atoms with E-state index in [0.717, 1.165) is 12.8 Å². The first-order valence-electron chi connectivity index (χ1n) is 9.91. The molecule has 170 valence electrons. The molecule has 1 saturated carbocycles. The Bertz CT molecular complexity index is 868. The molecule has 1 atom stereocenters. The summed E-state index contributed by atoms with van der Waals surface area (Å²) in [6, 6.07) is 2.08. The van der Waals surface area contributed by atoms with Crippen molar-refractivity contribution in [2.24, 2.45) is 0 Å². The summed E-state index contributed by atoms with van der Waals surface area (Å²) in [7, 11) is 2.61. The van der Waals surface area contributed by atoms with Crippen molar-refractivity contribution in [1.82, 2.24) is 15.5 Å². The monoisotopic (exact) mass is 443 g/mol. The van der Waals surface area contributed by atoms with Crippen molar-refractivity contribution >= 4 is 17.8 Å². The van der Waals surface area contributed by atoms with E-state index in [1.165, 1.54) is 32.4 Å². The number of hydrogen-bond acceptors (Lipinski definition) is 5. The van der Waals surface area contributed by atoms with E-state index in [-0.39, 0.29) is 11.3 Å². The number of carbonyl (C=O) groups excluding carboxylic acids is 3. The maximum Gasteiger partial charge on any atom is 0.440 e. The van der Waals surface area contributed by atoms with Crippen LogP contribution in [0, 0.1) is 0 Å². The predicted octanol–water partition coefficient (Wildman–Crippen LogP) is 2.97. The molecule has 1 aromatic carbocycles. The number of benzene rings is 1. The Morgan fingerprint density at radius 1 is 1.13 bits per heavy atom. The Morgan fingerprint density at radius 2 is 1.77 bits per heavy atom. The van der Waals surface area contributed by atoms with Gasteiger partial charge in [-0.3, -0.25) is 19.8 Å². The highest BCUT2D eigenvalue weighted by Gasteiger charge is 2.69. The average molecular weight is 443 g/mol. The van der Waals surface area contributed by atoms with Crippen molar-refractivity contribution in [3.63, 3.8) is 0 Å². The van der Waals surface area contributed by atoms with Gasteiger partial charge in [0, 0.05) is 12.1 Å². The Kier molecular flexibility index (Phi) is 6.33. The number of halogens is 3. The largest absolute Gasteiger partial charge is 0.497 e. The van der Waals surface area contributed by atoms with E-state index in [4.69, 9.17) is 9.47 Å². The van der Waals surface area contributed by atoms with E-state index in [9.17, 15) is 27.6 Å². The quantitative estimate of drug-likeness (QED) is 0.539. The van der Waals surface area contributed by atoms with Crippen LogP contribution in [0.25, 0.3) is 0 Å². The molecule has 0 unspecified atom stereocenters. The average Bonchev–Trinajstić information content (AvgIpc) is 2.90. The maximum atomic E-state index is 14.1. The van der Waals surface area contributed by atoms with E-state index in [1.54, 1.807) is 10.6 Å². The van der Waals surface area contributed by atoms with Gasteiger partial charge in [-0.15, -0.1) is 0 Å². The molecule has 1 aliphatic heterocycles. The number of hydrogen-bond donors (Lipinski definition) is 2. The molecule has 31 heavy (non-hydrogen) atoms.